The van der Waals surface area contributed by atoms with E-state index in [2.05, 4.69) is 12.2 Å². The molecule has 146 valence electrons. The second-order valence-corrected chi connectivity index (χ2v) is 9.35. The van der Waals surface area contributed by atoms with E-state index in [0.717, 1.165) is 25.7 Å². The molecule has 3 saturated carbocycles. The molecule has 6 atom stereocenters. The molecule has 0 aromatic rings. The highest BCUT2D eigenvalue weighted by atomic mass is 16.3. The van der Waals surface area contributed by atoms with Gasteiger partial charge in [-0.05, 0) is 62.5 Å². The number of nitrogens with one attached hydrogen (secondary N) is 1. The van der Waals surface area contributed by atoms with Gasteiger partial charge in [0.15, 0.2) is 5.78 Å². The number of Topliss-reactive ketones (excluding diaryl/α,β-unsaturated/α-hetero) is 1. The molecule has 0 spiro atoms. The summed E-state index contributed by atoms with van der Waals surface area (Å²) >= 11 is 0. The number of ketones is 2. The fourth-order valence-electron chi connectivity index (χ4n) is 6.87. The molecule has 0 radical (unpaired) electrons. The number of amides is 1. The topological polar surface area (TPSA) is 83.5 Å². The van der Waals surface area contributed by atoms with Crippen LogP contribution >= 0.6 is 0 Å². The zero-order valence-electron chi connectivity index (χ0n) is 16.4. The first-order valence-corrected chi connectivity index (χ1v) is 10.1. The zero-order chi connectivity index (χ0) is 19.6. The molecule has 0 bridgehead atoms. The summed E-state index contributed by atoms with van der Waals surface area (Å²) in [5.41, 5.74) is -0.520. The molecule has 4 aliphatic rings. The average Bonchev–Trinajstić information content (AvgIpc) is 2.92. The fourth-order valence-corrected chi connectivity index (χ4v) is 6.87. The smallest absolute Gasteiger partial charge is 0.287 e. The maximum atomic E-state index is 12.7. The number of rotatable bonds is 2. The minimum Gasteiger partial charge on any atom is -0.389 e. The van der Waals surface area contributed by atoms with Crippen LogP contribution in [0.4, 0.5) is 0 Å². The lowest BCUT2D eigenvalue weighted by atomic mass is 9.46. The van der Waals surface area contributed by atoms with E-state index in [-0.39, 0.29) is 28.8 Å². The van der Waals surface area contributed by atoms with Crippen molar-refractivity contribution >= 4 is 17.5 Å². The van der Waals surface area contributed by atoms with E-state index in [1.54, 1.807) is 12.2 Å². The first-order chi connectivity index (χ1) is 12.7. The van der Waals surface area contributed by atoms with E-state index < -0.39 is 22.8 Å². The van der Waals surface area contributed by atoms with E-state index in [9.17, 15) is 19.5 Å². The van der Waals surface area contributed by atoms with Gasteiger partial charge in [-0.1, -0.05) is 25.5 Å². The summed E-state index contributed by atoms with van der Waals surface area (Å²) in [7, 11) is 1.48. The summed E-state index contributed by atoms with van der Waals surface area (Å²) in [6, 6.07) is 0. The van der Waals surface area contributed by atoms with Gasteiger partial charge in [0.2, 0.25) is 5.78 Å². The van der Waals surface area contributed by atoms with Crippen LogP contribution in [0.2, 0.25) is 0 Å². The summed E-state index contributed by atoms with van der Waals surface area (Å²) < 4.78 is 0. The van der Waals surface area contributed by atoms with Crippen molar-refractivity contribution in [3.8, 4) is 0 Å². The zero-order valence-corrected chi connectivity index (χ0v) is 16.4. The largest absolute Gasteiger partial charge is 0.389 e. The average molecular weight is 371 g/mol. The molecule has 0 saturated heterocycles. The van der Waals surface area contributed by atoms with Gasteiger partial charge in [-0.2, -0.15) is 0 Å². The molecular weight excluding hydrogens is 342 g/mol. The van der Waals surface area contributed by atoms with Gasteiger partial charge in [-0.25, -0.2) is 0 Å². The van der Waals surface area contributed by atoms with Gasteiger partial charge < -0.3 is 10.4 Å². The van der Waals surface area contributed by atoms with Gasteiger partial charge in [-0.15, -0.1) is 0 Å². The Kier molecular flexibility index (Phi) is 4.05. The van der Waals surface area contributed by atoms with E-state index in [1.165, 1.54) is 12.6 Å². The van der Waals surface area contributed by atoms with Crippen LogP contribution in [0.1, 0.15) is 52.4 Å². The van der Waals surface area contributed by atoms with Gasteiger partial charge in [0, 0.05) is 23.8 Å². The highest BCUT2D eigenvalue weighted by Gasteiger charge is 2.67. The second kappa shape index (κ2) is 5.87. The molecule has 1 unspecified atom stereocenters. The number of allylic oxidation sites excluding steroid dienone is 4. The molecule has 5 nitrogen and oxygen atoms in total. The molecule has 27 heavy (non-hydrogen) atoms. The molecule has 0 heterocycles. The maximum Gasteiger partial charge on any atom is 0.287 e. The Bertz CT molecular complexity index is 783. The maximum absolute atomic E-state index is 12.7. The molecule has 5 heteroatoms. The Morgan fingerprint density at radius 1 is 1.15 bits per heavy atom. The Morgan fingerprint density at radius 3 is 2.59 bits per heavy atom. The molecule has 4 rings (SSSR count). The van der Waals surface area contributed by atoms with Crippen LogP contribution in [0.15, 0.2) is 23.8 Å². The Hall–Kier alpha value is -1.75. The highest BCUT2D eigenvalue weighted by Crippen LogP contribution is 2.67. The third-order valence-corrected chi connectivity index (χ3v) is 8.51. The lowest BCUT2D eigenvalue weighted by Crippen LogP contribution is -2.61. The standard InChI is InChI=1S/C22H29NO4/c1-20-9-6-14(24)12-13(20)4-5-16-15(20)7-10-21(2)17(8-11-22(16,21)27)18(25)19(26)23-3/h6,9,12,15-17,27H,4-5,7-8,10-11H2,1-3H3,(H,23,26)/t15-,16+,17+,20-,21+,22?/m0/s1. The summed E-state index contributed by atoms with van der Waals surface area (Å²) in [5.74, 6) is -0.969. The van der Waals surface area contributed by atoms with Crippen molar-refractivity contribution in [2.45, 2.75) is 58.0 Å². The van der Waals surface area contributed by atoms with Gasteiger partial charge in [0.25, 0.3) is 5.91 Å². The molecule has 0 aromatic carbocycles. The Labute approximate surface area is 160 Å². The van der Waals surface area contributed by atoms with Gasteiger partial charge in [-0.3, -0.25) is 14.4 Å². The number of hydrogen-bond acceptors (Lipinski definition) is 4. The third-order valence-electron chi connectivity index (χ3n) is 8.51. The van der Waals surface area contributed by atoms with Crippen molar-refractivity contribution in [3.05, 3.63) is 23.8 Å². The Morgan fingerprint density at radius 2 is 1.89 bits per heavy atom. The van der Waals surface area contributed by atoms with E-state index in [1.807, 2.05) is 13.0 Å². The van der Waals surface area contributed by atoms with Gasteiger partial charge in [0.05, 0.1) is 5.60 Å². The first kappa shape index (κ1) is 18.6. The molecule has 2 N–H and O–H groups in total. The monoisotopic (exact) mass is 371 g/mol. The predicted molar refractivity (Wildman–Crippen MR) is 101 cm³/mol. The molecule has 4 aliphatic carbocycles. The van der Waals surface area contributed by atoms with E-state index >= 15 is 0 Å². The van der Waals surface area contributed by atoms with Crippen molar-refractivity contribution in [1.29, 1.82) is 0 Å². The van der Waals surface area contributed by atoms with Gasteiger partial charge >= 0.3 is 0 Å². The van der Waals surface area contributed by atoms with Gasteiger partial charge in [0.1, 0.15) is 0 Å². The van der Waals surface area contributed by atoms with E-state index in [0.29, 0.717) is 12.8 Å². The lowest BCUT2D eigenvalue weighted by Gasteiger charge is -2.60. The molecular formula is C22H29NO4. The summed E-state index contributed by atoms with van der Waals surface area (Å²) in [6.45, 7) is 4.20. The molecule has 0 aliphatic heterocycles. The number of aliphatic hydroxyl groups is 1. The summed E-state index contributed by atoms with van der Waals surface area (Å²) in [4.78, 5) is 36.5. The lowest BCUT2D eigenvalue weighted by molar-refractivity contribution is -0.181. The minimum atomic E-state index is -0.936. The van der Waals surface area contributed by atoms with Crippen molar-refractivity contribution in [3.63, 3.8) is 0 Å². The van der Waals surface area contributed by atoms with Crippen LogP contribution in [0.3, 0.4) is 0 Å². The number of carbonyl (C=O) groups is 3. The quantitative estimate of drug-likeness (QED) is 0.730. The third kappa shape index (κ3) is 2.30. The second-order valence-electron chi connectivity index (χ2n) is 9.35. The molecule has 0 aromatic heterocycles. The van der Waals surface area contributed by atoms with Crippen LogP contribution in [0.25, 0.3) is 0 Å². The SMILES string of the molecule is CNC(=O)C(=O)[C@H]1CCC2(O)[C@@H]3CCC4=CC(=O)C=C[C@]4(C)[C@H]3CC[C@]12C. The molecule has 3 fully saturated rings. The molecule has 1 amide bonds. The van der Waals surface area contributed by atoms with Crippen LogP contribution in [-0.2, 0) is 14.4 Å². The van der Waals surface area contributed by atoms with Crippen LogP contribution < -0.4 is 5.32 Å². The first-order valence-electron chi connectivity index (χ1n) is 10.1. The van der Waals surface area contributed by atoms with Crippen molar-refractivity contribution in [2.24, 2.45) is 28.6 Å². The number of hydrogen-bond donors (Lipinski definition) is 2. The fraction of sp³-hybridized carbons (Fsp3) is 0.682. The highest BCUT2D eigenvalue weighted by molar-refractivity contribution is 6.37. The minimum absolute atomic E-state index is 0.0531. The Balaban J connectivity index is 1.70. The van der Waals surface area contributed by atoms with Crippen molar-refractivity contribution < 1.29 is 19.5 Å². The summed E-state index contributed by atoms with van der Waals surface area (Å²) in [6.07, 6.45) is 9.87. The van der Waals surface area contributed by atoms with Crippen LogP contribution in [0, 0.1) is 28.6 Å². The van der Waals surface area contributed by atoms with Crippen LogP contribution in [0.5, 0.6) is 0 Å². The number of carbonyl (C=O) groups excluding carboxylic acids is 3. The van der Waals surface area contributed by atoms with Crippen molar-refractivity contribution in [2.75, 3.05) is 7.05 Å². The number of fused-ring (bicyclic) bond motifs is 5. The van der Waals surface area contributed by atoms with Crippen LogP contribution in [-0.4, -0.2) is 35.2 Å². The normalized spacial score (nSPS) is 45.4. The van der Waals surface area contributed by atoms with E-state index in [4.69, 9.17) is 0 Å². The summed E-state index contributed by atoms with van der Waals surface area (Å²) in [5, 5.41) is 14.4. The van der Waals surface area contributed by atoms with Crippen molar-refractivity contribution in [1.82, 2.24) is 5.32 Å². The predicted octanol–water partition coefficient (Wildman–Crippen LogP) is 2.34. The number of likely N-dealkylation sites (N-methyl/N-ethyl adjacent to an activating group) is 1.